The van der Waals surface area contributed by atoms with Gasteiger partial charge in [-0.05, 0) is 83.5 Å². The Morgan fingerprint density at radius 2 is 1.76 bits per heavy atom. The number of hydrogen-bond acceptors (Lipinski definition) is 5. The summed E-state index contributed by atoms with van der Waals surface area (Å²) in [5, 5.41) is 19.8. The number of carbonyl (C=O) groups excluding carboxylic acids is 1. The van der Waals surface area contributed by atoms with Crippen LogP contribution in [0.5, 0.6) is 0 Å². The molecule has 1 saturated heterocycles. The Labute approximate surface area is 245 Å². The number of hydrogen-bond donors (Lipinski definition) is 2. The molecule has 6 nitrogen and oxygen atoms in total. The highest BCUT2D eigenvalue weighted by Gasteiger charge is 2.31. The van der Waals surface area contributed by atoms with E-state index in [0.29, 0.717) is 24.1 Å². The monoisotopic (exact) mass is 563 g/mol. The maximum absolute atomic E-state index is 14.0. The summed E-state index contributed by atoms with van der Waals surface area (Å²) in [5.74, 6) is -0.443. The lowest BCUT2D eigenvalue weighted by atomic mass is 9.93. The van der Waals surface area contributed by atoms with Gasteiger partial charge in [-0.1, -0.05) is 60.7 Å². The molecule has 0 bridgehead atoms. The first-order valence-corrected chi connectivity index (χ1v) is 14.1. The number of ether oxygens (including phenoxy) is 1. The molecule has 7 heteroatoms. The molecule has 2 atom stereocenters. The zero-order valence-corrected chi connectivity index (χ0v) is 23.4. The van der Waals surface area contributed by atoms with E-state index in [9.17, 15) is 19.6 Å². The molecule has 4 aromatic carbocycles. The average Bonchev–Trinajstić information content (AvgIpc) is 3.51. The van der Waals surface area contributed by atoms with E-state index >= 15 is 0 Å². The molecule has 5 rings (SSSR count). The number of nitrogens with zero attached hydrogens (tertiary/aromatic N) is 2. The fourth-order valence-electron chi connectivity index (χ4n) is 5.62. The van der Waals surface area contributed by atoms with Crippen LogP contribution in [0.4, 0.5) is 4.39 Å². The number of benzene rings is 4. The van der Waals surface area contributed by atoms with Crippen LogP contribution in [0.3, 0.4) is 0 Å². The number of amides is 1. The highest BCUT2D eigenvalue weighted by Crippen LogP contribution is 2.34. The number of halogens is 1. The molecule has 0 aliphatic carbocycles. The lowest BCUT2D eigenvalue weighted by Crippen LogP contribution is -2.50. The summed E-state index contributed by atoms with van der Waals surface area (Å²) in [5.41, 5.74) is 10.6. The van der Waals surface area contributed by atoms with Gasteiger partial charge in [-0.2, -0.15) is 5.26 Å². The third-order valence-electron chi connectivity index (χ3n) is 7.74. The third-order valence-corrected chi connectivity index (χ3v) is 7.74. The second-order valence-corrected chi connectivity index (χ2v) is 11.0. The summed E-state index contributed by atoms with van der Waals surface area (Å²) >= 11 is 0. The van der Waals surface area contributed by atoms with E-state index in [2.05, 4.69) is 6.07 Å². The van der Waals surface area contributed by atoms with Crippen molar-refractivity contribution in [2.75, 3.05) is 19.8 Å². The van der Waals surface area contributed by atoms with Crippen LogP contribution in [0.25, 0.3) is 11.1 Å². The van der Waals surface area contributed by atoms with Gasteiger partial charge in [0.2, 0.25) is 0 Å². The Balaban J connectivity index is 1.42. The van der Waals surface area contributed by atoms with Crippen LogP contribution in [-0.4, -0.2) is 41.2 Å². The van der Waals surface area contributed by atoms with E-state index in [1.165, 1.54) is 12.1 Å². The number of carbonyl (C=O) groups is 1. The Morgan fingerprint density at radius 3 is 2.50 bits per heavy atom. The van der Waals surface area contributed by atoms with Gasteiger partial charge >= 0.3 is 0 Å². The number of nitriles is 1. The van der Waals surface area contributed by atoms with E-state index in [4.69, 9.17) is 10.5 Å². The van der Waals surface area contributed by atoms with Gasteiger partial charge < -0.3 is 20.5 Å². The smallest absolute Gasteiger partial charge is 0.254 e. The third kappa shape index (κ3) is 6.75. The van der Waals surface area contributed by atoms with Crippen LogP contribution in [0, 0.1) is 17.1 Å². The maximum atomic E-state index is 14.0. The van der Waals surface area contributed by atoms with Crippen molar-refractivity contribution in [1.82, 2.24) is 4.90 Å². The largest absolute Gasteiger partial charge is 0.394 e. The van der Waals surface area contributed by atoms with Crippen LogP contribution in [-0.2, 0) is 17.8 Å². The molecule has 0 spiro atoms. The summed E-state index contributed by atoms with van der Waals surface area (Å²) < 4.78 is 19.6. The second-order valence-electron chi connectivity index (χ2n) is 11.0. The maximum Gasteiger partial charge on any atom is 0.254 e. The van der Waals surface area contributed by atoms with Crippen LogP contribution in [0.2, 0.25) is 0 Å². The van der Waals surface area contributed by atoms with Gasteiger partial charge in [0.25, 0.3) is 5.91 Å². The molecule has 0 saturated carbocycles. The van der Waals surface area contributed by atoms with Crippen molar-refractivity contribution in [3.8, 4) is 17.2 Å². The highest BCUT2D eigenvalue weighted by atomic mass is 19.1. The van der Waals surface area contributed by atoms with Crippen LogP contribution >= 0.6 is 0 Å². The van der Waals surface area contributed by atoms with Crippen molar-refractivity contribution < 1.29 is 19.0 Å². The van der Waals surface area contributed by atoms with E-state index in [0.717, 1.165) is 40.7 Å². The van der Waals surface area contributed by atoms with Crippen molar-refractivity contribution in [2.24, 2.45) is 5.73 Å². The van der Waals surface area contributed by atoms with Crippen molar-refractivity contribution in [1.29, 1.82) is 5.26 Å². The van der Waals surface area contributed by atoms with Gasteiger partial charge in [0.05, 0.1) is 43.0 Å². The molecular formula is C35H34FN3O3. The zero-order chi connectivity index (χ0) is 29.5. The van der Waals surface area contributed by atoms with E-state index in [1.54, 1.807) is 24.3 Å². The first kappa shape index (κ1) is 29.2. The standard InChI is InChI=1S/C35H34FN3O3/c36-31-14-12-27(13-15-31)33-11-6-16-39(33)34(41)30-18-26(17-29(19-30)32-10-5-4-9-28(32)21-37)22-42-24-35(38,23-40)20-25-7-2-1-3-8-25/h1-5,7-10,12-15,17-19,33,40H,6,11,16,20,22-24,38H2. The first-order chi connectivity index (χ1) is 20.4. The molecule has 1 aliphatic heterocycles. The first-order valence-electron chi connectivity index (χ1n) is 14.1. The summed E-state index contributed by atoms with van der Waals surface area (Å²) in [6.07, 6.45) is 2.09. The summed E-state index contributed by atoms with van der Waals surface area (Å²) in [6.45, 7) is 0.621. The molecule has 42 heavy (non-hydrogen) atoms. The van der Waals surface area contributed by atoms with Crippen LogP contribution in [0.15, 0.2) is 97.1 Å². The fourth-order valence-corrected chi connectivity index (χ4v) is 5.62. The van der Waals surface area contributed by atoms with E-state index in [1.807, 2.05) is 65.6 Å². The Hall–Kier alpha value is -4.35. The molecule has 4 aromatic rings. The number of rotatable bonds is 10. The lowest BCUT2D eigenvalue weighted by Gasteiger charge is -2.27. The Bertz CT molecular complexity index is 1570. The van der Waals surface area contributed by atoms with Gasteiger partial charge in [0.1, 0.15) is 5.82 Å². The van der Waals surface area contributed by atoms with E-state index in [-0.39, 0.29) is 37.6 Å². The van der Waals surface area contributed by atoms with Gasteiger partial charge in [0, 0.05) is 12.1 Å². The normalized spacial score (nSPS) is 16.1. The lowest BCUT2D eigenvalue weighted by molar-refractivity contribution is 0.0457. The minimum atomic E-state index is -0.969. The Morgan fingerprint density at radius 1 is 1.02 bits per heavy atom. The predicted molar refractivity (Wildman–Crippen MR) is 160 cm³/mol. The quantitative estimate of drug-likeness (QED) is 0.254. The number of likely N-dealkylation sites (tertiary alicyclic amines) is 1. The molecule has 1 amide bonds. The minimum Gasteiger partial charge on any atom is -0.394 e. The molecule has 2 unspecified atom stereocenters. The Kier molecular flexibility index (Phi) is 9.09. The second kappa shape index (κ2) is 13.1. The number of aliphatic hydroxyl groups is 1. The summed E-state index contributed by atoms with van der Waals surface area (Å²) in [4.78, 5) is 15.8. The van der Waals surface area contributed by atoms with Crippen molar-refractivity contribution in [3.05, 3.63) is 131 Å². The SMILES string of the molecule is N#Cc1ccccc1-c1cc(COCC(N)(CO)Cc2ccccc2)cc(C(=O)N2CCCC2c2ccc(F)cc2)c1. The predicted octanol–water partition coefficient (Wildman–Crippen LogP) is 5.79. The molecule has 1 aliphatic rings. The van der Waals surface area contributed by atoms with Gasteiger partial charge in [-0.25, -0.2) is 4.39 Å². The minimum absolute atomic E-state index is 0.111. The van der Waals surface area contributed by atoms with Gasteiger partial charge in [0.15, 0.2) is 0 Å². The number of nitrogens with two attached hydrogens (primary N) is 1. The molecule has 1 heterocycles. The highest BCUT2D eigenvalue weighted by molar-refractivity contribution is 5.96. The molecule has 0 aromatic heterocycles. The zero-order valence-electron chi connectivity index (χ0n) is 23.4. The van der Waals surface area contributed by atoms with Crippen molar-refractivity contribution in [3.63, 3.8) is 0 Å². The topological polar surface area (TPSA) is 99.6 Å². The van der Waals surface area contributed by atoms with Gasteiger partial charge in [-0.3, -0.25) is 4.79 Å². The fraction of sp³-hybridized carbons (Fsp3) is 0.257. The molecule has 214 valence electrons. The van der Waals surface area contributed by atoms with Crippen LogP contribution < -0.4 is 5.73 Å². The molecular weight excluding hydrogens is 529 g/mol. The molecule has 1 fully saturated rings. The van der Waals surface area contributed by atoms with Crippen molar-refractivity contribution in [2.45, 2.75) is 37.5 Å². The summed E-state index contributed by atoms with van der Waals surface area (Å²) in [7, 11) is 0. The number of aliphatic hydroxyl groups excluding tert-OH is 1. The van der Waals surface area contributed by atoms with Crippen molar-refractivity contribution >= 4 is 5.91 Å². The molecule has 0 radical (unpaired) electrons. The average molecular weight is 564 g/mol. The van der Waals surface area contributed by atoms with E-state index < -0.39 is 5.54 Å². The summed E-state index contributed by atoms with van der Waals surface area (Å²) in [6, 6.07) is 31.0. The van der Waals surface area contributed by atoms with Crippen LogP contribution in [0.1, 0.15) is 51.5 Å². The molecule has 3 N–H and O–H groups in total. The van der Waals surface area contributed by atoms with Gasteiger partial charge in [-0.15, -0.1) is 0 Å².